The Morgan fingerprint density at radius 1 is 1.42 bits per heavy atom. The number of carboxylic acids is 1. The number of anilines is 1. The zero-order chi connectivity index (χ0) is 19.3. The van der Waals surface area contributed by atoms with Crippen molar-refractivity contribution in [3.8, 4) is 0 Å². The number of carboxylic acid groups (broad SMARTS) is 1. The number of rotatable bonds is 8. The lowest BCUT2D eigenvalue weighted by molar-refractivity contribution is -0.384. The molecule has 1 unspecified atom stereocenters. The highest BCUT2D eigenvalue weighted by Gasteiger charge is 2.29. The van der Waals surface area contributed by atoms with Crippen LogP contribution in [-0.2, 0) is 19.6 Å². The first-order chi connectivity index (χ1) is 12.3. The standard InChI is InChI=1S/C15H21N3O7S/c1-2-3-13(15(19)20)16-12-5-4-11(10-14(12)18(21)22)26(23,24)17-6-8-25-9-7-17/h4-5,10,13,16H,2-3,6-9H2,1H3,(H,19,20). The zero-order valence-electron chi connectivity index (χ0n) is 14.3. The summed E-state index contributed by atoms with van der Waals surface area (Å²) in [5.41, 5.74) is -0.515. The number of carbonyl (C=O) groups is 1. The van der Waals surface area contributed by atoms with E-state index in [4.69, 9.17) is 4.74 Å². The molecule has 1 atom stereocenters. The molecule has 1 saturated heterocycles. The number of hydrogen-bond donors (Lipinski definition) is 2. The van der Waals surface area contributed by atoms with Gasteiger partial charge in [0.1, 0.15) is 11.7 Å². The van der Waals surface area contributed by atoms with Gasteiger partial charge < -0.3 is 15.2 Å². The minimum atomic E-state index is -3.89. The van der Waals surface area contributed by atoms with Crippen molar-refractivity contribution in [2.45, 2.75) is 30.7 Å². The fourth-order valence-electron chi connectivity index (χ4n) is 2.61. The number of aliphatic carboxylic acids is 1. The third-order valence-corrected chi connectivity index (χ3v) is 5.87. The number of nitrogens with zero attached hydrogens (tertiary/aromatic N) is 2. The first-order valence-corrected chi connectivity index (χ1v) is 9.57. The van der Waals surface area contributed by atoms with Gasteiger partial charge in [0, 0.05) is 19.2 Å². The maximum Gasteiger partial charge on any atom is 0.326 e. The Labute approximate surface area is 151 Å². The third kappa shape index (κ3) is 4.48. The van der Waals surface area contributed by atoms with Crippen LogP contribution in [0.4, 0.5) is 11.4 Å². The van der Waals surface area contributed by atoms with Crippen LogP contribution in [0.15, 0.2) is 23.1 Å². The molecule has 1 aromatic carbocycles. The first kappa shape index (κ1) is 20.1. The molecule has 2 N–H and O–H groups in total. The molecular weight excluding hydrogens is 366 g/mol. The molecule has 1 fully saturated rings. The van der Waals surface area contributed by atoms with E-state index in [1.165, 1.54) is 16.4 Å². The molecule has 0 radical (unpaired) electrons. The van der Waals surface area contributed by atoms with Crippen molar-refractivity contribution >= 4 is 27.4 Å². The number of ether oxygens (including phenoxy) is 1. The highest BCUT2D eigenvalue weighted by molar-refractivity contribution is 7.89. The van der Waals surface area contributed by atoms with Crippen LogP contribution < -0.4 is 5.32 Å². The molecule has 144 valence electrons. The number of nitrogens with one attached hydrogen (secondary N) is 1. The van der Waals surface area contributed by atoms with Gasteiger partial charge in [0.2, 0.25) is 10.0 Å². The zero-order valence-corrected chi connectivity index (χ0v) is 15.1. The van der Waals surface area contributed by atoms with Crippen molar-refractivity contribution in [2.24, 2.45) is 0 Å². The molecule has 1 heterocycles. The fourth-order valence-corrected chi connectivity index (χ4v) is 4.04. The van der Waals surface area contributed by atoms with Crippen molar-refractivity contribution in [3.05, 3.63) is 28.3 Å². The summed E-state index contributed by atoms with van der Waals surface area (Å²) in [6.45, 7) is 2.67. The summed E-state index contributed by atoms with van der Waals surface area (Å²) in [5.74, 6) is -1.13. The number of sulfonamides is 1. The van der Waals surface area contributed by atoms with E-state index >= 15 is 0 Å². The molecule has 0 saturated carbocycles. The molecule has 0 bridgehead atoms. The quantitative estimate of drug-likeness (QED) is 0.502. The number of morpholine rings is 1. The minimum Gasteiger partial charge on any atom is -0.480 e. The predicted molar refractivity (Wildman–Crippen MR) is 92.6 cm³/mol. The van der Waals surface area contributed by atoms with Gasteiger partial charge in [-0.25, -0.2) is 13.2 Å². The topological polar surface area (TPSA) is 139 Å². The number of nitro groups is 1. The van der Waals surface area contributed by atoms with Crippen molar-refractivity contribution < 1.29 is 28.0 Å². The second-order valence-corrected chi connectivity index (χ2v) is 7.71. The molecule has 1 aromatic rings. The van der Waals surface area contributed by atoms with Crippen molar-refractivity contribution in [1.29, 1.82) is 0 Å². The van der Waals surface area contributed by atoms with E-state index < -0.39 is 32.6 Å². The van der Waals surface area contributed by atoms with E-state index in [2.05, 4.69) is 5.32 Å². The second kappa shape index (κ2) is 8.43. The Morgan fingerprint density at radius 2 is 2.08 bits per heavy atom. The molecule has 0 amide bonds. The van der Waals surface area contributed by atoms with Crippen LogP contribution in [-0.4, -0.2) is 61.1 Å². The average Bonchev–Trinajstić information content (AvgIpc) is 2.62. The normalized spacial score (nSPS) is 16.8. The summed E-state index contributed by atoms with van der Waals surface area (Å²) < 4.78 is 31.6. The van der Waals surface area contributed by atoms with Gasteiger partial charge in [0.05, 0.1) is 23.0 Å². The lowest BCUT2D eigenvalue weighted by Crippen LogP contribution is -2.40. The number of benzene rings is 1. The van der Waals surface area contributed by atoms with Crippen LogP contribution >= 0.6 is 0 Å². The largest absolute Gasteiger partial charge is 0.480 e. The van der Waals surface area contributed by atoms with Crippen LogP contribution in [0, 0.1) is 10.1 Å². The summed E-state index contributed by atoms with van der Waals surface area (Å²) in [5, 5.41) is 23.2. The SMILES string of the molecule is CCCC(Nc1ccc(S(=O)(=O)N2CCOCC2)cc1[N+](=O)[O-])C(=O)O. The van der Waals surface area contributed by atoms with Gasteiger partial charge in [-0.1, -0.05) is 13.3 Å². The second-order valence-electron chi connectivity index (χ2n) is 5.78. The average molecular weight is 387 g/mol. The Kier molecular flexibility index (Phi) is 6.51. The molecule has 1 aliphatic rings. The minimum absolute atomic E-state index is 0.0308. The lowest BCUT2D eigenvalue weighted by Gasteiger charge is -2.26. The summed E-state index contributed by atoms with van der Waals surface area (Å²) in [6, 6.07) is 2.43. The highest BCUT2D eigenvalue weighted by atomic mass is 32.2. The van der Waals surface area contributed by atoms with Gasteiger partial charge >= 0.3 is 5.97 Å². The first-order valence-electron chi connectivity index (χ1n) is 8.13. The van der Waals surface area contributed by atoms with E-state index in [1.54, 1.807) is 6.92 Å². The van der Waals surface area contributed by atoms with Gasteiger partial charge in [0.15, 0.2) is 0 Å². The van der Waals surface area contributed by atoms with Crippen LogP contribution in [0.25, 0.3) is 0 Å². The Balaban J connectivity index is 2.36. The molecule has 26 heavy (non-hydrogen) atoms. The summed E-state index contributed by atoms with van der Waals surface area (Å²) in [7, 11) is -3.89. The number of nitro benzene ring substituents is 1. The maximum atomic E-state index is 12.6. The van der Waals surface area contributed by atoms with E-state index in [1.807, 2.05) is 0 Å². The van der Waals surface area contributed by atoms with Crippen LogP contribution in [0.1, 0.15) is 19.8 Å². The number of hydrogen-bond acceptors (Lipinski definition) is 7. The molecule has 10 nitrogen and oxygen atoms in total. The van der Waals surface area contributed by atoms with Crippen LogP contribution in [0.3, 0.4) is 0 Å². The highest BCUT2D eigenvalue weighted by Crippen LogP contribution is 2.30. The summed E-state index contributed by atoms with van der Waals surface area (Å²) in [6.07, 6.45) is 0.849. The smallest absolute Gasteiger partial charge is 0.326 e. The Morgan fingerprint density at radius 3 is 2.62 bits per heavy atom. The van der Waals surface area contributed by atoms with Crippen molar-refractivity contribution in [3.63, 3.8) is 0 Å². The van der Waals surface area contributed by atoms with Gasteiger partial charge in [0.25, 0.3) is 5.69 Å². The van der Waals surface area contributed by atoms with Crippen LogP contribution in [0.5, 0.6) is 0 Å². The van der Waals surface area contributed by atoms with E-state index in [-0.39, 0.29) is 43.3 Å². The summed E-state index contributed by atoms with van der Waals surface area (Å²) in [4.78, 5) is 21.7. The lowest BCUT2D eigenvalue weighted by atomic mass is 10.1. The molecule has 2 rings (SSSR count). The molecule has 11 heteroatoms. The Bertz CT molecular complexity index is 775. The van der Waals surface area contributed by atoms with Gasteiger partial charge in [-0.3, -0.25) is 10.1 Å². The van der Waals surface area contributed by atoms with Gasteiger partial charge in [-0.2, -0.15) is 4.31 Å². The van der Waals surface area contributed by atoms with Gasteiger partial charge in [-0.05, 0) is 18.6 Å². The predicted octanol–water partition coefficient (Wildman–Crippen LogP) is 1.28. The van der Waals surface area contributed by atoms with Crippen molar-refractivity contribution in [2.75, 3.05) is 31.6 Å². The van der Waals surface area contributed by atoms with Gasteiger partial charge in [-0.15, -0.1) is 0 Å². The van der Waals surface area contributed by atoms with E-state index in [0.29, 0.717) is 6.42 Å². The van der Waals surface area contributed by atoms with E-state index in [9.17, 15) is 28.4 Å². The van der Waals surface area contributed by atoms with Crippen LogP contribution in [0.2, 0.25) is 0 Å². The molecule has 1 aliphatic heterocycles. The molecular formula is C15H21N3O7S. The maximum absolute atomic E-state index is 12.6. The third-order valence-electron chi connectivity index (χ3n) is 3.98. The fraction of sp³-hybridized carbons (Fsp3) is 0.533. The molecule has 0 spiro atoms. The Hall–Kier alpha value is -2.24. The molecule has 0 aromatic heterocycles. The summed E-state index contributed by atoms with van der Waals surface area (Å²) >= 11 is 0. The monoisotopic (exact) mass is 387 g/mol. The van der Waals surface area contributed by atoms with E-state index in [0.717, 1.165) is 6.07 Å². The van der Waals surface area contributed by atoms with Crippen molar-refractivity contribution in [1.82, 2.24) is 4.31 Å². The molecule has 0 aliphatic carbocycles.